The van der Waals surface area contributed by atoms with Crippen LogP contribution in [0.3, 0.4) is 0 Å². The van der Waals surface area contributed by atoms with Crippen molar-refractivity contribution < 1.29 is 31.4 Å². The van der Waals surface area contributed by atoms with Crippen molar-refractivity contribution in [2.75, 3.05) is 0 Å². The van der Waals surface area contributed by atoms with Gasteiger partial charge in [0.05, 0.1) is 28.1 Å². The van der Waals surface area contributed by atoms with Crippen molar-refractivity contribution in [1.29, 1.82) is 5.26 Å². The molecule has 30 heavy (non-hydrogen) atoms. The van der Waals surface area contributed by atoms with Gasteiger partial charge < -0.3 is 5.11 Å². The van der Waals surface area contributed by atoms with Crippen molar-refractivity contribution >= 4 is 0 Å². The Balaban J connectivity index is 2.31. The van der Waals surface area contributed by atoms with Gasteiger partial charge >= 0.3 is 12.4 Å². The minimum atomic E-state index is -5.01. The third-order valence-electron chi connectivity index (χ3n) is 4.37. The number of nitriles is 1. The van der Waals surface area contributed by atoms with E-state index in [1.807, 2.05) is 0 Å². The lowest BCUT2D eigenvalue weighted by atomic mass is 9.94. The summed E-state index contributed by atoms with van der Waals surface area (Å²) in [6.07, 6.45) is -10.0. The number of nitrogens with zero attached hydrogens (tertiary/aromatic N) is 2. The minimum Gasteiger partial charge on any atom is -0.508 e. The molecule has 0 saturated heterocycles. The molecule has 0 aliphatic rings. The summed E-state index contributed by atoms with van der Waals surface area (Å²) in [5.41, 5.74) is -2.76. The lowest BCUT2D eigenvalue weighted by molar-refractivity contribution is -0.143. The van der Waals surface area contributed by atoms with Gasteiger partial charge in [0, 0.05) is 11.1 Å². The SMILES string of the molecule is Cc1nc(-c2ccc(O)cc2)cc(-c2cc(C(F)(F)F)cc(C(F)(F)F)c2)c1C#N. The van der Waals surface area contributed by atoms with Gasteiger partial charge in [0.1, 0.15) is 11.8 Å². The molecule has 0 spiro atoms. The van der Waals surface area contributed by atoms with Crippen LogP contribution in [0.5, 0.6) is 5.75 Å². The van der Waals surface area contributed by atoms with Crippen molar-refractivity contribution in [3.05, 3.63) is 70.9 Å². The van der Waals surface area contributed by atoms with Crippen LogP contribution in [-0.4, -0.2) is 10.1 Å². The van der Waals surface area contributed by atoms with Gasteiger partial charge in [-0.15, -0.1) is 0 Å². The van der Waals surface area contributed by atoms with Gasteiger partial charge in [-0.2, -0.15) is 31.6 Å². The molecule has 3 nitrogen and oxygen atoms in total. The summed E-state index contributed by atoms with van der Waals surface area (Å²) in [5.74, 6) is -0.0305. The Kier molecular flexibility index (Phi) is 5.20. The molecule has 3 aromatic rings. The average molecular weight is 422 g/mol. The van der Waals surface area contributed by atoms with Gasteiger partial charge in [-0.25, -0.2) is 0 Å². The van der Waals surface area contributed by atoms with E-state index in [1.54, 1.807) is 6.07 Å². The molecule has 2 aromatic carbocycles. The van der Waals surface area contributed by atoms with E-state index >= 15 is 0 Å². The summed E-state index contributed by atoms with van der Waals surface area (Å²) in [4.78, 5) is 4.22. The van der Waals surface area contributed by atoms with E-state index in [1.165, 1.54) is 37.3 Å². The summed E-state index contributed by atoms with van der Waals surface area (Å²) in [7, 11) is 0. The largest absolute Gasteiger partial charge is 0.508 e. The Morgan fingerprint density at radius 2 is 1.37 bits per heavy atom. The lowest BCUT2D eigenvalue weighted by Gasteiger charge is -2.16. The van der Waals surface area contributed by atoms with Crippen LogP contribution in [0.4, 0.5) is 26.3 Å². The van der Waals surface area contributed by atoms with Crippen LogP contribution < -0.4 is 0 Å². The molecule has 0 aliphatic heterocycles. The average Bonchev–Trinajstić information content (AvgIpc) is 2.66. The van der Waals surface area contributed by atoms with Crippen molar-refractivity contribution in [1.82, 2.24) is 4.98 Å². The number of pyridine rings is 1. The standard InChI is InChI=1S/C21H12F6N2O/c1-11-18(10-28)17(9-19(29-11)12-2-4-16(30)5-3-12)13-6-14(20(22,23)24)8-15(7-13)21(25,26)27/h2-9,30H,1H3. The van der Waals surface area contributed by atoms with Crippen LogP contribution in [0.25, 0.3) is 22.4 Å². The Bertz CT molecular complexity index is 1110. The first-order chi connectivity index (χ1) is 13.9. The van der Waals surface area contributed by atoms with Gasteiger partial charge in [0.2, 0.25) is 0 Å². The fourth-order valence-corrected chi connectivity index (χ4v) is 2.93. The first-order valence-electron chi connectivity index (χ1n) is 8.41. The third-order valence-corrected chi connectivity index (χ3v) is 4.37. The van der Waals surface area contributed by atoms with Crippen molar-refractivity contribution in [3.8, 4) is 34.2 Å². The number of phenols is 1. The Labute approximate surface area is 166 Å². The van der Waals surface area contributed by atoms with E-state index in [0.717, 1.165) is 0 Å². The van der Waals surface area contributed by atoms with E-state index in [4.69, 9.17) is 0 Å². The smallest absolute Gasteiger partial charge is 0.416 e. The Morgan fingerprint density at radius 1 is 0.833 bits per heavy atom. The summed E-state index contributed by atoms with van der Waals surface area (Å²) >= 11 is 0. The number of alkyl halides is 6. The predicted octanol–water partition coefficient (Wildman–Crippen LogP) is 6.34. The molecule has 0 atom stereocenters. The van der Waals surface area contributed by atoms with E-state index in [-0.39, 0.29) is 34.3 Å². The molecule has 154 valence electrons. The van der Waals surface area contributed by atoms with E-state index < -0.39 is 29.0 Å². The summed E-state index contributed by atoms with van der Waals surface area (Å²) < 4.78 is 79.4. The molecule has 0 radical (unpaired) electrons. The molecule has 0 saturated carbocycles. The zero-order valence-corrected chi connectivity index (χ0v) is 15.2. The molecular weight excluding hydrogens is 410 g/mol. The first kappa shape index (κ1) is 21.2. The highest BCUT2D eigenvalue weighted by Gasteiger charge is 2.37. The molecule has 0 fully saturated rings. The predicted molar refractivity (Wildman–Crippen MR) is 96.2 cm³/mol. The zero-order valence-electron chi connectivity index (χ0n) is 15.2. The summed E-state index contributed by atoms with van der Waals surface area (Å²) in [5, 5.41) is 18.9. The van der Waals surface area contributed by atoms with Crippen LogP contribution in [0.15, 0.2) is 48.5 Å². The van der Waals surface area contributed by atoms with Crippen LogP contribution in [0.1, 0.15) is 22.4 Å². The summed E-state index contributed by atoms with van der Waals surface area (Å²) in [6.45, 7) is 1.43. The van der Waals surface area contributed by atoms with Gasteiger partial charge in [-0.3, -0.25) is 4.98 Å². The molecule has 0 amide bonds. The number of rotatable bonds is 2. The zero-order chi connectivity index (χ0) is 22.3. The van der Waals surface area contributed by atoms with Crippen molar-refractivity contribution in [3.63, 3.8) is 0 Å². The highest BCUT2D eigenvalue weighted by atomic mass is 19.4. The number of benzene rings is 2. The highest BCUT2D eigenvalue weighted by Crippen LogP contribution is 2.40. The van der Waals surface area contributed by atoms with Gasteiger partial charge in [-0.1, -0.05) is 0 Å². The van der Waals surface area contributed by atoms with Gasteiger partial charge in [0.15, 0.2) is 0 Å². The minimum absolute atomic E-state index is 0.0305. The van der Waals surface area contributed by atoms with Gasteiger partial charge in [0.25, 0.3) is 0 Å². The third kappa shape index (κ3) is 4.22. The molecular formula is C21H12F6N2O. The lowest BCUT2D eigenvalue weighted by Crippen LogP contribution is -2.11. The quantitative estimate of drug-likeness (QED) is 0.491. The number of halogens is 6. The number of aromatic nitrogens is 1. The molecule has 0 bridgehead atoms. The number of hydrogen-bond acceptors (Lipinski definition) is 3. The van der Waals surface area contributed by atoms with Crippen LogP contribution in [-0.2, 0) is 12.4 Å². The molecule has 0 aliphatic carbocycles. The van der Waals surface area contributed by atoms with Crippen LogP contribution in [0, 0.1) is 18.3 Å². The van der Waals surface area contributed by atoms with E-state index in [2.05, 4.69) is 4.98 Å². The van der Waals surface area contributed by atoms with E-state index in [0.29, 0.717) is 17.7 Å². The first-order valence-corrected chi connectivity index (χ1v) is 8.41. The van der Waals surface area contributed by atoms with Crippen molar-refractivity contribution in [2.45, 2.75) is 19.3 Å². The molecule has 1 aromatic heterocycles. The maximum atomic E-state index is 13.2. The topological polar surface area (TPSA) is 56.9 Å². The second-order valence-electron chi connectivity index (χ2n) is 6.47. The normalized spacial score (nSPS) is 11.9. The maximum Gasteiger partial charge on any atom is 0.416 e. The van der Waals surface area contributed by atoms with Gasteiger partial charge in [-0.05, 0) is 61.0 Å². The number of aryl methyl sites for hydroxylation is 1. The molecule has 1 heterocycles. The Morgan fingerprint density at radius 3 is 1.83 bits per heavy atom. The number of aromatic hydroxyl groups is 1. The molecule has 1 N–H and O–H groups in total. The fourth-order valence-electron chi connectivity index (χ4n) is 2.93. The maximum absolute atomic E-state index is 13.2. The van der Waals surface area contributed by atoms with Crippen molar-refractivity contribution in [2.24, 2.45) is 0 Å². The Hall–Kier alpha value is -3.54. The molecule has 3 rings (SSSR count). The summed E-state index contributed by atoms with van der Waals surface area (Å²) in [6, 6.07) is 9.93. The van der Waals surface area contributed by atoms with Crippen LogP contribution in [0.2, 0.25) is 0 Å². The second kappa shape index (κ2) is 7.37. The molecule has 0 unspecified atom stereocenters. The monoisotopic (exact) mass is 422 g/mol. The highest BCUT2D eigenvalue weighted by molar-refractivity contribution is 5.77. The number of hydrogen-bond donors (Lipinski definition) is 1. The van der Waals surface area contributed by atoms with E-state index in [9.17, 15) is 36.7 Å². The second-order valence-corrected chi connectivity index (χ2v) is 6.47. The fraction of sp³-hybridized carbons (Fsp3) is 0.143. The molecule has 9 heteroatoms. The van der Waals surface area contributed by atoms with Crippen LogP contribution >= 0.6 is 0 Å². The number of phenolic OH excluding ortho intramolecular Hbond substituents is 1.